The predicted octanol–water partition coefficient (Wildman–Crippen LogP) is 3.43. The molecule has 0 radical (unpaired) electrons. The third-order valence-electron chi connectivity index (χ3n) is 2.07. The summed E-state index contributed by atoms with van der Waals surface area (Å²) in [6, 6.07) is 9.12. The van der Waals surface area contributed by atoms with Crippen molar-refractivity contribution >= 4 is 23.5 Å². The van der Waals surface area contributed by atoms with E-state index in [1.807, 2.05) is 30.4 Å². The molecule has 82 valence electrons. The standard InChI is InChI=1S/C13H12ClNO/c14-9-4-3-6-11-5-1-2-7-12(11)13(16)8-10-15/h1-3,5-7H,4,8-9H2. The number of nitrogens with zero attached hydrogens (tertiary/aromatic N) is 1. The number of alkyl halides is 1. The molecule has 1 rings (SSSR count). The molecule has 0 saturated heterocycles. The largest absolute Gasteiger partial charge is 0.293 e. The lowest BCUT2D eigenvalue weighted by Gasteiger charge is -2.01. The Morgan fingerprint density at radius 1 is 1.44 bits per heavy atom. The van der Waals surface area contributed by atoms with Crippen LogP contribution in [0.5, 0.6) is 0 Å². The van der Waals surface area contributed by atoms with E-state index in [9.17, 15) is 4.79 Å². The van der Waals surface area contributed by atoms with Crippen LogP contribution in [0.2, 0.25) is 0 Å². The normalized spacial score (nSPS) is 10.2. The molecule has 0 atom stereocenters. The van der Waals surface area contributed by atoms with E-state index in [2.05, 4.69) is 0 Å². The summed E-state index contributed by atoms with van der Waals surface area (Å²) in [5.74, 6) is 0.416. The van der Waals surface area contributed by atoms with Crippen LogP contribution in [0.25, 0.3) is 6.08 Å². The van der Waals surface area contributed by atoms with Crippen molar-refractivity contribution in [3.63, 3.8) is 0 Å². The highest BCUT2D eigenvalue weighted by molar-refractivity contribution is 6.17. The molecule has 0 aliphatic heterocycles. The highest BCUT2D eigenvalue weighted by Gasteiger charge is 2.07. The Kier molecular flexibility index (Phi) is 5.31. The van der Waals surface area contributed by atoms with Gasteiger partial charge in [-0.2, -0.15) is 5.26 Å². The summed E-state index contributed by atoms with van der Waals surface area (Å²) in [6.45, 7) is 0. The maximum Gasteiger partial charge on any atom is 0.177 e. The van der Waals surface area contributed by atoms with Gasteiger partial charge in [0, 0.05) is 11.4 Å². The molecule has 0 unspecified atom stereocenters. The monoisotopic (exact) mass is 233 g/mol. The number of halogens is 1. The summed E-state index contributed by atoms with van der Waals surface area (Å²) in [5.41, 5.74) is 1.43. The number of nitriles is 1. The van der Waals surface area contributed by atoms with Crippen LogP contribution in [-0.4, -0.2) is 11.7 Å². The van der Waals surface area contributed by atoms with Crippen molar-refractivity contribution < 1.29 is 4.79 Å². The van der Waals surface area contributed by atoms with Gasteiger partial charge in [-0.3, -0.25) is 4.79 Å². The number of ketones is 1. The van der Waals surface area contributed by atoms with E-state index in [-0.39, 0.29) is 12.2 Å². The maximum absolute atomic E-state index is 11.6. The Labute approximate surface area is 100 Å². The zero-order valence-electron chi connectivity index (χ0n) is 8.82. The number of hydrogen-bond acceptors (Lipinski definition) is 2. The number of Topliss-reactive ketones (excluding diaryl/α,β-unsaturated/α-hetero) is 1. The van der Waals surface area contributed by atoms with Crippen LogP contribution in [0, 0.1) is 11.3 Å². The SMILES string of the molecule is N#CCC(=O)c1ccccc1C=CCCCl. The van der Waals surface area contributed by atoms with Gasteiger partial charge >= 0.3 is 0 Å². The molecule has 0 saturated carbocycles. The molecule has 0 heterocycles. The van der Waals surface area contributed by atoms with Gasteiger partial charge in [-0.15, -0.1) is 11.6 Å². The summed E-state index contributed by atoms with van der Waals surface area (Å²) in [4.78, 5) is 11.6. The number of hydrogen-bond donors (Lipinski definition) is 0. The summed E-state index contributed by atoms with van der Waals surface area (Å²) < 4.78 is 0. The van der Waals surface area contributed by atoms with E-state index in [4.69, 9.17) is 16.9 Å². The lowest BCUT2D eigenvalue weighted by molar-refractivity contribution is 0.0997. The van der Waals surface area contributed by atoms with E-state index >= 15 is 0 Å². The summed E-state index contributed by atoms with van der Waals surface area (Å²) >= 11 is 5.56. The number of allylic oxidation sites excluding steroid dienone is 1. The Hall–Kier alpha value is -1.59. The van der Waals surface area contributed by atoms with Gasteiger partial charge in [0.1, 0.15) is 0 Å². The predicted molar refractivity (Wildman–Crippen MR) is 65.4 cm³/mol. The van der Waals surface area contributed by atoms with Crippen LogP contribution in [0.15, 0.2) is 30.3 Å². The van der Waals surface area contributed by atoms with Gasteiger partial charge in [0.15, 0.2) is 5.78 Å². The van der Waals surface area contributed by atoms with E-state index in [0.29, 0.717) is 11.4 Å². The maximum atomic E-state index is 11.6. The summed E-state index contributed by atoms with van der Waals surface area (Å²) in [5, 5.41) is 8.50. The minimum atomic E-state index is -0.145. The minimum absolute atomic E-state index is 0.0830. The topological polar surface area (TPSA) is 40.9 Å². The summed E-state index contributed by atoms with van der Waals surface area (Å²) in [7, 11) is 0. The van der Waals surface area contributed by atoms with Crippen molar-refractivity contribution in [3.8, 4) is 6.07 Å². The molecule has 0 aliphatic rings. The van der Waals surface area contributed by atoms with Crippen LogP contribution in [0.4, 0.5) is 0 Å². The Morgan fingerprint density at radius 3 is 2.88 bits per heavy atom. The molecule has 1 aromatic carbocycles. The first-order chi connectivity index (χ1) is 7.79. The van der Waals surface area contributed by atoms with E-state index < -0.39 is 0 Å². The fourth-order valence-corrected chi connectivity index (χ4v) is 1.46. The van der Waals surface area contributed by atoms with Crippen LogP contribution < -0.4 is 0 Å². The highest BCUT2D eigenvalue weighted by atomic mass is 35.5. The fraction of sp³-hybridized carbons (Fsp3) is 0.231. The second-order valence-electron chi connectivity index (χ2n) is 3.23. The molecule has 0 N–H and O–H groups in total. The number of carbonyl (C=O) groups excluding carboxylic acids is 1. The highest BCUT2D eigenvalue weighted by Crippen LogP contribution is 2.13. The first-order valence-corrected chi connectivity index (χ1v) is 5.54. The van der Waals surface area contributed by atoms with Crippen molar-refractivity contribution in [1.82, 2.24) is 0 Å². The third kappa shape index (κ3) is 3.52. The molecule has 1 aromatic rings. The number of rotatable bonds is 5. The van der Waals surface area contributed by atoms with Crippen LogP contribution in [-0.2, 0) is 0 Å². The first kappa shape index (κ1) is 12.5. The molecule has 0 aromatic heterocycles. The number of carbonyl (C=O) groups is 1. The van der Waals surface area contributed by atoms with Gasteiger partial charge in [-0.05, 0) is 12.0 Å². The van der Waals surface area contributed by atoms with Gasteiger partial charge in [0.25, 0.3) is 0 Å². The first-order valence-electron chi connectivity index (χ1n) is 5.01. The van der Waals surface area contributed by atoms with E-state index in [1.54, 1.807) is 12.1 Å². The van der Waals surface area contributed by atoms with Crippen molar-refractivity contribution in [2.45, 2.75) is 12.8 Å². The Morgan fingerprint density at radius 2 is 2.19 bits per heavy atom. The zero-order valence-corrected chi connectivity index (χ0v) is 9.57. The molecule has 3 heteroatoms. The molecule has 0 fully saturated rings. The van der Waals surface area contributed by atoms with Gasteiger partial charge in [-0.1, -0.05) is 36.4 Å². The smallest absolute Gasteiger partial charge is 0.177 e. The van der Waals surface area contributed by atoms with E-state index in [0.717, 1.165) is 12.0 Å². The van der Waals surface area contributed by atoms with Crippen molar-refractivity contribution in [1.29, 1.82) is 5.26 Å². The second-order valence-corrected chi connectivity index (χ2v) is 3.60. The lowest BCUT2D eigenvalue weighted by Crippen LogP contribution is -1.99. The van der Waals surface area contributed by atoms with Gasteiger partial charge in [0.05, 0.1) is 12.5 Å². The molecule has 16 heavy (non-hydrogen) atoms. The molecule has 2 nitrogen and oxygen atoms in total. The average molecular weight is 234 g/mol. The van der Waals surface area contributed by atoms with Crippen molar-refractivity contribution in [2.24, 2.45) is 0 Å². The molecular formula is C13H12ClNO. The Bertz CT molecular complexity index is 432. The Balaban J connectivity index is 2.92. The second kappa shape index (κ2) is 6.81. The van der Waals surface area contributed by atoms with Gasteiger partial charge in [-0.25, -0.2) is 0 Å². The van der Waals surface area contributed by atoms with Crippen molar-refractivity contribution in [3.05, 3.63) is 41.5 Å². The molecule has 0 amide bonds. The van der Waals surface area contributed by atoms with Crippen molar-refractivity contribution in [2.75, 3.05) is 5.88 Å². The summed E-state index contributed by atoms with van der Waals surface area (Å²) in [6.07, 6.45) is 4.47. The average Bonchev–Trinajstić information content (AvgIpc) is 2.30. The lowest BCUT2D eigenvalue weighted by atomic mass is 10.0. The molecule has 0 spiro atoms. The van der Waals surface area contributed by atoms with Gasteiger partial charge < -0.3 is 0 Å². The zero-order chi connectivity index (χ0) is 11.8. The van der Waals surface area contributed by atoms with Gasteiger partial charge in [0.2, 0.25) is 0 Å². The van der Waals surface area contributed by atoms with Crippen LogP contribution in [0.3, 0.4) is 0 Å². The molecule has 0 aliphatic carbocycles. The fourth-order valence-electron chi connectivity index (χ4n) is 1.34. The number of benzene rings is 1. The quantitative estimate of drug-likeness (QED) is 0.578. The van der Waals surface area contributed by atoms with Crippen LogP contribution >= 0.6 is 11.6 Å². The van der Waals surface area contributed by atoms with E-state index in [1.165, 1.54) is 0 Å². The third-order valence-corrected chi connectivity index (χ3v) is 2.29. The minimum Gasteiger partial charge on any atom is -0.293 e. The molecular weight excluding hydrogens is 222 g/mol. The molecule has 0 bridgehead atoms. The van der Waals surface area contributed by atoms with Crippen LogP contribution in [0.1, 0.15) is 28.8 Å².